The van der Waals surface area contributed by atoms with E-state index in [1.54, 1.807) is 23.5 Å². The first-order valence-corrected chi connectivity index (χ1v) is 8.06. The van der Waals surface area contributed by atoms with Gasteiger partial charge in [-0.2, -0.15) is 0 Å². The number of benzene rings is 1. The maximum absolute atomic E-state index is 6.12. The summed E-state index contributed by atoms with van der Waals surface area (Å²) < 4.78 is 6.86. The van der Waals surface area contributed by atoms with Gasteiger partial charge in [-0.3, -0.25) is 4.90 Å². The molecule has 0 aliphatic carbocycles. The van der Waals surface area contributed by atoms with Gasteiger partial charge in [0.15, 0.2) is 0 Å². The lowest BCUT2D eigenvalue weighted by Gasteiger charge is -2.30. The zero-order valence-corrected chi connectivity index (χ0v) is 13.8. The molecule has 0 bridgehead atoms. The molecule has 20 heavy (non-hydrogen) atoms. The van der Waals surface area contributed by atoms with Gasteiger partial charge in [0.2, 0.25) is 0 Å². The van der Waals surface area contributed by atoms with Gasteiger partial charge in [-0.1, -0.05) is 34.8 Å². The van der Waals surface area contributed by atoms with E-state index in [9.17, 15) is 0 Å². The van der Waals surface area contributed by atoms with E-state index in [2.05, 4.69) is 11.9 Å². The Bertz CT molecular complexity index is 643. The molecule has 0 fully saturated rings. The number of likely N-dealkylation sites (N-methyl/N-ethyl adjacent to an activating group) is 1. The molecular weight excluding hydrogens is 337 g/mol. The van der Waals surface area contributed by atoms with Gasteiger partial charge in [0.25, 0.3) is 0 Å². The predicted octanol–water partition coefficient (Wildman–Crippen LogP) is 5.27. The lowest BCUT2D eigenvalue weighted by atomic mass is 10.1. The highest BCUT2D eigenvalue weighted by molar-refractivity contribution is 7.16. The summed E-state index contributed by atoms with van der Waals surface area (Å²) in [6.07, 6.45) is -0.0373. The van der Waals surface area contributed by atoms with Crippen molar-refractivity contribution in [3.63, 3.8) is 0 Å². The molecule has 2 aromatic rings. The zero-order chi connectivity index (χ0) is 14.3. The van der Waals surface area contributed by atoms with E-state index < -0.39 is 0 Å². The van der Waals surface area contributed by atoms with Crippen LogP contribution in [0, 0.1) is 0 Å². The molecule has 106 valence electrons. The third kappa shape index (κ3) is 2.92. The summed E-state index contributed by atoms with van der Waals surface area (Å²) in [5.41, 5.74) is 1.17. The lowest BCUT2D eigenvalue weighted by molar-refractivity contribution is 0.131. The smallest absolute Gasteiger partial charge is 0.138 e. The Hall–Kier alpha value is -0.450. The Labute approximate surface area is 136 Å². The van der Waals surface area contributed by atoms with Crippen molar-refractivity contribution in [2.45, 2.75) is 12.6 Å². The van der Waals surface area contributed by atoms with Crippen molar-refractivity contribution in [1.29, 1.82) is 0 Å². The van der Waals surface area contributed by atoms with E-state index in [1.807, 2.05) is 12.1 Å². The van der Waals surface area contributed by atoms with Gasteiger partial charge < -0.3 is 4.74 Å². The summed E-state index contributed by atoms with van der Waals surface area (Å²) in [6, 6.07) is 7.31. The fourth-order valence-corrected chi connectivity index (χ4v) is 4.01. The molecule has 1 aliphatic heterocycles. The molecule has 2 heterocycles. The van der Waals surface area contributed by atoms with Gasteiger partial charge in [-0.25, -0.2) is 0 Å². The van der Waals surface area contributed by atoms with E-state index in [0.717, 1.165) is 17.4 Å². The minimum absolute atomic E-state index is 0.0373. The number of halogens is 3. The summed E-state index contributed by atoms with van der Waals surface area (Å²) in [5.74, 6) is 0.716. The second-order valence-corrected chi connectivity index (χ2v) is 7.39. The van der Waals surface area contributed by atoms with Gasteiger partial charge in [0.1, 0.15) is 11.9 Å². The molecule has 1 aliphatic rings. The average molecular weight is 349 g/mol. The highest BCUT2D eigenvalue weighted by Gasteiger charge is 2.27. The van der Waals surface area contributed by atoms with Crippen molar-refractivity contribution in [3.8, 4) is 5.75 Å². The molecule has 1 atom stereocenters. The van der Waals surface area contributed by atoms with Crippen molar-refractivity contribution >= 4 is 46.1 Å². The van der Waals surface area contributed by atoms with Crippen molar-refractivity contribution in [2.24, 2.45) is 0 Å². The summed E-state index contributed by atoms with van der Waals surface area (Å²) in [7, 11) is 2.07. The standard InChI is InChI=1S/C14H12Cl3NOS/c1-18-6-12(9-5-14(17)20-13(9)7-18)19-8-2-3-10(15)11(16)4-8/h2-5,12H,6-7H2,1H3. The summed E-state index contributed by atoms with van der Waals surface area (Å²) in [4.78, 5) is 3.48. The molecule has 2 nitrogen and oxygen atoms in total. The van der Waals surface area contributed by atoms with Crippen LogP contribution in [0.3, 0.4) is 0 Å². The minimum atomic E-state index is -0.0373. The molecule has 1 unspecified atom stereocenters. The molecule has 1 aromatic heterocycles. The van der Waals surface area contributed by atoms with Crippen molar-refractivity contribution < 1.29 is 4.74 Å². The quantitative estimate of drug-likeness (QED) is 0.732. The van der Waals surface area contributed by atoms with Gasteiger partial charge in [0.05, 0.1) is 14.4 Å². The third-order valence-electron chi connectivity index (χ3n) is 3.22. The molecule has 3 rings (SSSR count). The number of fused-ring (bicyclic) bond motifs is 1. The van der Waals surface area contributed by atoms with E-state index in [4.69, 9.17) is 39.5 Å². The van der Waals surface area contributed by atoms with Crippen LogP contribution in [0.1, 0.15) is 16.5 Å². The third-order valence-corrected chi connectivity index (χ3v) is 5.22. The van der Waals surface area contributed by atoms with Crippen LogP contribution in [0.2, 0.25) is 14.4 Å². The van der Waals surface area contributed by atoms with Crippen molar-refractivity contribution in [2.75, 3.05) is 13.6 Å². The highest BCUT2D eigenvalue weighted by atomic mass is 35.5. The topological polar surface area (TPSA) is 12.5 Å². The van der Waals surface area contributed by atoms with Crippen LogP contribution < -0.4 is 4.74 Å². The van der Waals surface area contributed by atoms with Crippen LogP contribution in [0.4, 0.5) is 0 Å². The second-order valence-electron chi connectivity index (χ2n) is 4.81. The van der Waals surface area contributed by atoms with Crippen LogP contribution in [0.5, 0.6) is 5.75 Å². The molecule has 6 heteroatoms. The fourth-order valence-electron chi connectivity index (χ4n) is 2.31. The Morgan fingerprint density at radius 3 is 2.75 bits per heavy atom. The molecule has 0 amide bonds. The summed E-state index contributed by atoms with van der Waals surface area (Å²) in [5, 5.41) is 1.02. The molecular formula is C14H12Cl3NOS. The molecule has 0 spiro atoms. The van der Waals surface area contributed by atoms with E-state index >= 15 is 0 Å². The predicted molar refractivity (Wildman–Crippen MR) is 85.5 cm³/mol. The normalized spacial score (nSPS) is 18.9. The number of ether oxygens (including phenoxy) is 1. The first-order chi connectivity index (χ1) is 9.52. The van der Waals surface area contributed by atoms with Crippen LogP contribution in [0.15, 0.2) is 24.3 Å². The van der Waals surface area contributed by atoms with Crippen LogP contribution in [-0.4, -0.2) is 18.5 Å². The van der Waals surface area contributed by atoms with Gasteiger partial charge in [-0.05, 0) is 25.2 Å². The number of rotatable bonds is 2. The number of thiophene rings is 1. The Morgan fingerprint density at radius 1 is 1.20 bits per heavy atom. The monoisotopic (exact) mass is 347 g/mol. The van der Waals surface area contributed by atoms with Gasteiger partial charge in [0, 0.05) is 29.6 Å². The molecule has 1 aromatic carbocycles. The van der Waals surface area contributed by atoms with E-state index in [1.165, 1.54) is 10.4 Å². The number of hydrogen-bond acceptors (Lipinski definition) is 3. The van der Waals surface area contributed by atoms with Crippen LogP contribution in [-0.2, 0) is 6.54 Å². The fraction of sp³-hybridized carbons (Fsp3) is 0.286. The van der Waals surface area contributed by atoms with E-state index in [-0.39, 0.29) is 6.10 Å². The van der Waals surface area contributed by atoms with Gasteiger partial charge in [-0.15, -0.1) is 11.3 Å². The number of nitrogens with zero attached hydrogens (tertiary/aromatic N) is 1. The average Bonchev–Trinajstić information content (AvgIpc) is 2.74. The summed E-state index contributed by atoms with van der Waals surface area (Å²) in [6.45, 7) is 1.73. The SMILES string of the molecule is CN1Cc2sc(Cl)cc2C(Oc2ccc(Cl)c(Cl)c2)C1. The Kier molecular flexibility index (Phi) is 4.16. The zero-order valence-electron chi connectivity index (χ0n) is 10.7. The summed E-state index contributed by atoms with van der Waals surface area (Å²) >= 11 is 19.7. The largest absolute Gasteiger partial charge is 0.484 e. The van der Waals surface area contributed by atoms with Gasteiger partial charge >= 0.3 is 0 Å². The minimum Gasteiger partial charge on any atom is -0.484 e. The van der Waals surface area contributed by atoms with Crippen LogP contribution in [0.25, 0.3) is 0 Å². The van der Waals surface area contributed by atoms with Crippen molar-refractivity contribution in [1.82, 2.24) is 4.90 Å². The molecule has 0 saturated heterocycles. The Balaban J connectivity index is 1.88. The van der Waals surface area contributed by atoms with E-state index in [0.29, 0.717) is 15.8 Å². The maximum atomic E-state index is 6.12. The first-order valence-electron chi connectivity index (χ1n) is 6.11. The molecule has 0 radical (unpaired) electrons. The lowest BCUT2D eigenvalue weighted by Crippen LogP contribution is -2.31. The van der Waals surface area contributed by atoms with Crippen LogP contribution >= 0.6 is 46.1 Å². The number of hydrogen-bond donors (Lipinski definition) is 0. The second kappa shape index (κ2) is 5.74. The first kappa shape index (κ1) is 14.5. The highest BCUT2D eigenvalue weighted by Crippen LogP contribution is 2.38. The maximum Gasteiger partial charge on any atom is 0.138 e. The van der Waals surface area contributed by atoms with Crippen molar-refractivity contribution in [3.05, 3.63) is 49.1 Å². The Morgan fingerprint density at radius 2 is 2.00 bits per heavy atom. The molecule has 0 saturated carbocycles. The molecule has 0 N–H and O–H groups in total.